The molecule has 4 rings (SSSR count). The fourth-order valence-corrected chi connectivity index (χ4v) is 6.62. The lowest BCUT2D eigenvalue weighted by molar-refractivity contribution is 0.0670. The Morgan fingerprint density at radius 1 is 1.17 bits per heavy atom. The van der Waals surface area contributed by atoms with Crippen LogP contribution in [-0.4, -0.2) is 63.2 Å². The SMILES string of the molecule is CCS(=O)(=O)c1ccc(-c2cc(C(=O)N(Cc3cccc(OC)c3)C3CCS(=O)(=O)C3)no2)cc1. The van der Waals surface area contributed by atoms with Crippen LogP contribution in [0.15, 0.2) is 64.0 Å². The normalized spacial score (nSPS) is 17.3. The van der Waals surface area contributed by atoms with Gasteiger partial charge in [0, 0.05) is 24.2 Å². The van der Waals surface area contributed by atoms with Gasteiger partial charge in [-0.1, -0.05) is 24.2 Å². The second kappa shape index (κ2) is 9.82. The molecule has 11 heteroatoms. The molecule has 2 aromatic carbocycles. The van der Waals surface area contributed by atoms with E-state index in [1.54, 1.807) is 44.4 Å². The molecule has 0 aliphatic carbocycles. The van der Waals surface area contributed by atoms with Crippen LogP contribution in [0.4, 0.5) is 0 Å². The molecule has 0 spiro atoms. The Kier molecular flexibility index (Phi) is 7.00. The van der Waals surface area contributed by atoms with Gasteiger partial charge in [0.1, 0.15) is 5.75 Å². The number of benzene rings is 2. The topological polar surface area (TPSA) is 124 Å². The molecule has 1 unspecified atom stereocenters. The third-order valence-corrected chi connectivity index (χ3v) is 9.51. The molecule has 2 heterocycles. The number of nitrogens with zero attached hydrogens (tertiary/aromatic N) is 2. The number of rotatable bonds is 8. The molecule has 1 amide bonds. The van der Waals surface area contributed by atoms with E-state index >= 15 is 0 Å². The zero-order valence-corrected chi connectivity index (χ0v) is 21.0. The van der Waals surface area contributed by atoms with E-state index in [-0.39, 0.29) is 34.4 Å². The van der Waals surface area contributed by atoms with Gasteiger partial charge in [-0.05, 0) is 48.4 Å². The highest BCUT2D eigenvalue weighted by atomic mass is 32.2. The van der Waals surface area contributed by atoms with Gasteiger partial charge in [0.15, 0.2) is 31.1 Å². The molecule has 3 aromatic rings. The smallest absolute Gasteiger partial charge is 0.276 e. The van der Waals surface area contributed by atoms with Crippen molar-refractivity contribution in [2.24, 2.45) is 0 Å². The number of methoxy groups -OCH3 is 1. The van der Waals surface area contributed by atoms with Crippen LogP contribution < -0.4 is 4.74 Å². The molecule has 0 N–H and O–H groups in total. The number of ether oxygens (including phenoxy) is 1. The number of sulfone groups is 2. The van der Waals surface area contributed by atoms with E-state index in [1.165, 1.54) is 23.1 Å². The monoisotopic (exact) mass is 518 g/mol. The number of aromatic nitrogens is 1. The summed E-state index contributed by atoms with van der Waals surface area (Å²) in [5.74, 6) is 0.389. The van der Waals surface area contributed by atoms with Gasteiger partial charge in [-0.3, -0.25) is 4.79 Å². The number of hydrogen-bond donors (Lipinski definition) is 0. The molecule has 1 aromatic heterocycles. The first-order chi connectivity index (χ1) is 16.6. The van der Waals surface area contributed by atoms with Crippen molar-refractivity contribution in [3.63, 3.8) is 0 Å². The first kappa shape index (κ1) is 24.9. The second-order valence-corrected chi connectivity index (χ2v) is 12.9. The molecular weight excluding hydrogens is 492 g/mol. The standard InChI is InChI=1S/C24H26N2O7S2/c1-3-35(30,31)21-9-7-18(8-10-21)23-14-22(25-33-23)24(27)26(19-11-12-34(28,29)16-19)15-17-5-4-6-20(13-17)32-2/h4-10,13-14,19H,3,11-12,15-16H2,1-2H3. The van der Waals surface area contributed by atoms with Crippen molar-refractivity contribution in [1.82, 2.24) is 10.1 Å². The summed E-state index contributed by atoms with van der Waals surface area (Å²) in [5.41, 5.74) is 1.39. The molecule has 9 nitrogen and oxygen atoms in total. The molecule has 1 atom stereocenters. The van der Waals surface area contributed by atoms with Gasteiger partial charge in [-0.25, -0.2) is 16.8 Å². The Hall–Kier alpha value is -3.18. The van der Waals surface area contributed by atoms with Gasteiger partial charge in [0.2, 0.25) is 0 Å². The molecule has 1 aliphatic rings. The molecule has 0 bridgehead atoms. The van der Waals surface area contributed by atoms with Crippen molar-refractivity contribution < 1.29 is 30.9 Å². The molecule has 1 fully saturated rings. The van der Waals surface area contributed by atoms with E-state index in [0.717, 1.165) is 5.56 Å². The van der Waals surface area contributed by atoms with Crippen LogP contribution in [0.5, 0.6) is 5.75 Å². The van der Waals surface area contributed by atoms with E-state index in [9.17, 15) is 21.6 Å². The van der Waals surface area contributed by atoms with Gasteiger partial charge in [0.25, 0.3) is 5.91 Å². The van der Waals surface area contributed by atoms with Gasteiger partial charge in [0.05, 0.1) is 29.3 Å². The molecule has 0 saturated carbocycles. The number of amides is 1. The Balaban J connectivity index is 1.61. The van der Waals surface area contributed by atoms with Gasteiger partial charge in [-0.15, -0.1) is 0 Å². The highest BCUT2D eigenvalue weighted by Crippen LogP contribution is 2.26. The number of hydrogen-bond acceptors (Lipinski definition) is 8. The number of carbonyl (C=O) groups is 1. The first-order valence-corrected chi connectivity index (χ1v) is 14.5. The Bertz CT molecular complexity index is 1430. The summed E-state index contributed by atoms with van der Waals surface area (Å²) in [5, 5.41) is 3.93. The van der Waals surface area contributed by atoms with Crippen molar-refractivity contribution in [2.75, 3.05) is 24.4 Å². The van der Waals surface area contributed by atoms with Crippen LogP contribution in [0.2, 0.25) is 0 Å². The van der Waals surface area contributed by atoms with Crippen molar-refractivity contribution in [2.45, 2.75) is 30.8 Å². The fourth-order valence-electron chi connectivity index (χ4n) is 4.01. The molecule has 1 aliphatic heterocycles. The van der Waals surface area contributed by atoms with Gasteiger partial charge >= 0.3 is 0 Å². The molecule has 1 saturated heterocycles. The Labute approximate surface area is 204 Å². The largest absolute Gasteiger partial charge is 0.497 e. The predicted molar refractivity (Wildman–Crippen MR) is 130 cm³/mol. The van der Waals surface area contributed by atoms with Crippen molar-refractivity contribution in [3.05, 3.63) is 65.9 Å². The second-order valence-electron chi connectivity index (χ2n) is 8.35. The van der Waals surface area contributed by atoms with Crippen molar-refractivity contribution in [1.29, 1.82) is 0 Å². The van der Waals surface area contributed by atoms with E-state index in [2.05, 4.69) is 5.16 Å². The van der Waals surface area contributed by atoms with Crippen molar-refractivity contribution in [3.8, 4) is 17.1 Å². The summed E-state index contributed by atoms with van der Waals surface area (Å²) in [4.78, 5) is 15.2. The molecule has 0 radical (unpaired) electrons. The van der Waals surface area contributed by atoms with Crippen LogP contribution in [0, 0.1) is 0 Å². The quantitative estimate of drug-likeness (QED) is 0.446. The van der Waals surface area contributed by atoms with Crippen molar-refractivity contribution >= 4 is 25.6 Å². The average Bonchev–Trinajstić information content (AvgIpc) is 3.49. The predicted octanol–water partition coefficient (Wildman–Crippen LogP) is 2.97. The summed E-state index contributed by atoms with van der Waals surface area (Å²) in [7, 11) is -5.02. The van der Waals surface area contributed by atoms with Crippen LogP contribution >= 0.6 is 0 Å². The van der Waals surface area contributed by atoms with Crippen LogP contribution in [0.3, 0.4) is 0 Å². The summed E-state index contributed by atoms with van der Waals surface area (Å²) < 4.78 is 59.0. The summed E-state index contributed by atoms with van der Waals surface area (Å²) in [6.45, 7) is 1.76. The van der Waals surface area contributed by atoms with Crippen LogP contribution in [0.25, 0.3) is 11.3 Å². The molecule has 35 heavy (non-hydrogen) atoms. The third kappa shape index (κ3) is 5.57. The average molecular weight is 519 g/mol. The molecular formula is C24H26N2O7S2. The highest BCUT2D eigenvalue weighted by molar-refractivity contribution is 7.91. The lowest BCUT2D eigenvalue weighted by atomic mass is 10.1. The van der Waals surface area contributed by atoms with Gasteiger partial charge < -0.3 is 14.2 Å². The van der Waals surface area contributed by atoms with E-state index in [1.807, 2.05) is 6.07 Å². The minimum absolute atomic E-state index is 0.00663. The minimum atomic E-state index is -3.34. The Morgan fingerprint density at radius 2 is 1.91 bits per heavy atom. The van der Waals surface area contributed by atoms with Crippen LogP contribution in [0.1, 0.15) is 29.4 Å². The summed E-state index contributed by atoms with van der Waals surface area (Å²) >= 11 is 0. The lowest BCUT2D eigenvalue weighted by Crippen LogP contribution is -2.40. The maximum Gasteiger partial charge on any atom is 0.276 e. The van der Waals surface area contributed by atoms with E-state index in [4.69, 9.17) is 9.26 Å². The molecule has 186 valence electrons. The first-order valence-electron chi connectivity index (χ1n) is 11.1. The van der Waals surface area contributed by atoms with E-state index < -0.39 is 31.6 Å². The van der Waals surface area contributed by atoms with Crippen LogP contribution in [-0.2, 0) is 26.2 Å². The maximum absolute atomic E-state index is 13.5. The lowest BCUT2D eigenvalue weighted by Gasteiger charge is -2.27. The zero-order chi connectivity index (χ0) is 25.2. The maximum atomic E-state index is 13.5. The highest BCUT2D eigenvalue weighted by Gasteiger charge is 2.36. The number of carbonyl (C=O) groups excluding carboxylic acids is 1. The summed E-state index contributed by atoms with van der Waals surface area (Å²) in [6.07, 6.45) is 0.343. The zero-order valence-electron chi connectivity index (χ0n) is 19.4. The minimum Gasteiger partial charge on any atom is -0.497 e. The third-order valence-electron chi connectivity index (χ3n) is 6.00. The summed E-state index contributed by atoms with van der Waals surface area (Å²) in [6, 6.07) is 14.4. The van der Waals surface area contributed by atoms with E-state index in [0.29, 0.717) is 23.5 Å². The fraction of sp³-hybridized carbons (Fsp3) is 0.333. The Morgan fingerprint density at radius 3 is 2.54 bits per heavy atom. The van der Waals surface area contributed by atoms with Gasteiger partial charge in [-0.2, -0.15) is 0 Å².